The molecule has 1 rings (SSSR count). The number of rotatable bonds is 6. The van der Waals surface area contributed by atoms with Gasteiger partial charge in [-0.25, -0.2) is 16.8 Å². The monoisotopic (exact) mass is 271 g/mol. The highest BCUT2D eigenvalue weighted by Gasteiger charge is 2.39. The van der Waals surface area contributed by atoms with Crippen LogP contribution in [-0.2, 0) is 24.7 Å². The third-order valence-corrected chi connectivity index (χ3v) is 5.60. The van der Waals surface area contributed by atoms with E-state index in [4.69, 9.17) is 5.11 Å². The molecule has 2 N–H and O–H groups in total. The molecule has 1 atom stereocenters. The van der Waals surface area contributed by atoms with Gasteiger partial charge >= 0.3 is 5.97 Å². The molecule has 0 aliphatic heterocycles. The summed E-state index contributed by atoms with van der Waals surface area (Å²) in [6.45, 7) is 0. The Hall–Kier alpha value is -0.670. The summed E-state index contributed by atoms with van der Waals surface area (Å²) in [5.74, 6) is -1.51. The summed E-state index contributed by atoms with van der Waals surface area (Å²) < 4.78 is 46.2. The minimum absolute atomic E-state index is 0.230. The van der Waals surface area contributed by atoms with Gasteiger partial charge in [-0.2, -0.15) is 4.72 Å². The second-order valence-corrected chi connectivity index (χ2v) is 8.19. The van der Waals surface area contributed by atoms with Crippen LogP contribution in [0.25, 0.3) is 0 Å². The van der Waals surface area contributed by atoms with Crippen molar-refractivity contribution in [1.82, 2.24) is 4.72 Å². The first kappa shape index (κ1) is 13.4. The number of hydrogen-bond donors (Lipinski definition) is 2. The fourth-order valence-electron chi connectivity index (χ4n) is 1.29. The predicted molar refractivity (Wildman–Crippen MR) is 55.9 cm³/mol. The van der Waals surface area contributed by atoms with Crippen LogP contribution in [-0.4, -0.2) is 45.3 Å². The maximum absolute atomic E-state index is 11.3. The van der Waals surface area contributed by atoms with E-state index in [9.17, 15) is 21.6 Å². The topological polar surface area (TPSA) is 118 Å². The second-order valence-electron chi connectivity index (χ2n) is 3.93. The summed E-state index contributed by atoms with van der Waals surface area (Å²) in [5, 5.41) is 7.68. The summed E-state index contributed by atoms with van der Waals surface area (Å²) in [5.41, 5.74) is 0. The summed E-state index contributed by atoms with van der Waals surface area (Å²) in [4.78, 5) is 10.7. The lowest BCUT2D eigenvalue weighted by Crippen LogP contribution is -2.44. The molecule has 16 heavy (non-hydrogen) atoms. The summed E-state index contributed by atoms with van der Waals surface area (Å²) in [6, 6.07) is -1.22. The number of aliphatic carboxylic acids is 1. The van der Waals surface area contributed by atoms with Gasteiger partial charge < -0.3 is 5.11 Å². The van der Waals surface area contributed by atoms with Crippen LogP contribution in [0.5, 0.6) is 0 Å². The Morgan fingerprint density at radius 2 is 1.88 bits per heavy atom. The molecule has 0 aromatic rings. The standard InChI is InChI=1S/C7H13NO6S2/c1-15(11,12)4-16(13,14)8-6(7(9)10)5-2-3-5/h5-6,8H,2-4H2,1H3,(H,9,10). The zero-order valence-corrected chi connectivity index (χ0v) is 10.2. The molecular formula is C7H13NO6S2. The number of hydrogen-bond acceptors (Lipinski definition) is 5. The minimum Gasteiger partial charge on any atom is -0.480 e. The lowest BCUT2D eigenvalue weighted by molar-refractivity contribution is -0.139. The van der Waals surface area contributed by atoms with E-state index in [0.717, 1.165) is 6.26 Å². The first-order chi connectivity index (χ1) is 7.11. The van der Waals surface area contributed by atoms with Crippen molar-refractivity contribution in [3.63, 3.8) is 0 Å². The zero-order valence-electron chi connectivity index (χ0n) is 8.58. The predicted octanol–water partition coefficient (Wildman–Crippen LogP) is -1.23. The van der Waals surface area contributed by atoms with Gasteiger partial charge in [-0.3, -0.25) is 4.79 Å². The molecule has 0 amide bonds. The molecule has 1 fully saturated rings. The molecule has 1 unspecified atom stereocenters. The molecule has 9 heteroatoms. The summed E-state index contributed by atoms with van der Waals surface area (Å²) in [7, 11) is -7.81. The van der Waals surface area contributed by atoms with E-state index in [0.29, 0.717) is 12.8 Å². The van der Waals surface area contributed by atoms with E-state index in [1.54, 1.807) is 0 Å². The Morgan fingerprint density at radius 1 is 1.38 bits per heavy atom. The van der Waals surface area contributed by atoms with Crippen LogP contribution >= 0.6 is 0 Å². The molecule has 0 aromatic heterocycles. The first-order valence-corrected chi connectivity index (χ1v) is 8.22. The number of nitrogens with one attached hydrogen (secondary N) is 1. The van der Waals surface area contributed by atoms with E-state index >= 15 is 0 Å². The number of sulfone groups is 1. The summed E-state index contributed by atoms with van der Waals surface area (Å²) >= 11 is 0. The average Bonchev–Trinajstić information content (AvgIpc) is 2.76. The van der Waals surface area contributed by atoms with Gasteiger partial charge in [0.2, 0.25) is 10.0 Å². The SMILES string of the molecule is CS(=O)(=O)CS(=O)(=O)NC(C(=O)O)C1CC1. The normalized spacial score (nSPS) is 19.3. The number of carboxylic acid groups (broad SMARTS) is 1. The quantitative estimate of drug-likeness (QED) is 0.624. The van der Waals surface area contributed by atoms with Crippen molar-refractivity contribution in [2.45, 2.75) is 18.9 Å². The molecule has 0 bridgehead atoms. The molecule has 0 aromatic carbocycles. The highest BCUT2D eigenvalue weighted by molar-refractivity contribution is 8.06. The maximum atomic E-state index is 11.3. The molecule has 0 radical (unpaired) electrons. The summed E-state index contributed by atoms with van der Waals surface area (Å²) in [6.07, 6.45) is 2.05. The second kappa shape index (κ2) is 4.30. The maximum Gasteiger partial charge on any atom is 0.322 e. The van der Waals surface area contributed by atoms with Crippen molar-refractivity contribution in [3.05, 3.63) is 0 Å². The number of carbonyl (C=O) groups is 1. The Morgan fingerprint density at radius 3 is 2.19 bits per heavy atom. The van der Waals surface area contributed by atoms with Gasteiger partial charge in [-0.05, 0) is 18.8 Å². The van der Waals surface area contributed by atoms with Crippen molar-refractivity contribution in [1.29, 1.82) is 0 Å². The van der Waals surface area contributed by atoms with Crippen LogP contribution < -0.4 is 4.72 Å². The number of carboxylic acids is 1. The highest BCUT2D eigenvalue weighted by Crippen LogP contribution is 2.33. The van der Waals surface area contributed by atoms with Crippen molar-refractivity contribution < 1.29 is 26.7 Å². The molecule has 1 aliphatic rings. The third kappa shape index (κ3) is 4.45. The first-order valence-electron chi connectivity index (χ1n) is 4.51. The van der Waals surface area contributed by atoms with Gasteiger partial charge in [0, 0.05) is 6.26 Å². The highest BCUT2D eigenvalue weighted by atomic mass is 32.3. The van der Waals surface area contributed by atoms with Crippen molar-refractivity contribution in [2.24, 2.45) is 5.92 Å². The average molecular weight is 271 g/mol. The van der Waals surface area contributed by atoms with Gasteiger partial charge in [0.25, 0.3) is 0 Å². The van der Waals surface area contributed by atoms with Gasteiger partial charge in [-0.15, -0.1) is 0 Å². The Labute approximate surface area is 93.8 Å². The van der Waals surface area contributed by atoms with Crippen molar-refractivity contribution in [2.75, 3.05) is 11.3 Å². The van der Waals surface area contributed by atoms with Crippen LogP contribution in [0.3, 0.4) is 0 Å². The van der Waals surface area contributed by atoms with Crippen LogP contribution in [0.2, 0.25) is 0 Å². The fourth-order valence-corrected chi connectivity index (χ4v) is 4.49. The Bertz CT molecular complexity index is 475. The zero-order chi connectivity index (χ0) is 12.6. The van der Waals surface area contributed by atoms with Gasteiger partial charge in [0.15, 0.2) is 14.9 Å². The molecule has 0 heterocycles. The van der Waals surface area contributed by atoms with Crippen LogP contribution in [0.1, 0.15) is 12.8 Å². The van der Waals surface area contributed by atoms with Gasteiger partial charge in [0.05, 0.1) is 0 Å². The van der Waals surface area contributed by atoms with E-state index in [1.807, 2.05) is 4.72 Å². The van der Waals surface area contributed by atoms with Crippen LogP contribution in [0, 0.1) is 5.92 Å². The van der Waals surface area contributed by atoms with E-state index in [2.05, 4.69) is 0 Å². The molecule has 7 nitrogen and oxygen atoms in total. The van der Waals surface area contributed by atoms with Gasteiger partial charge in [0.1, 0.15) is 6.04 Å². The molecule has 94 valence electrons. The largest absolute Gasteiger partial charge is 0.480 e. The molecule has 1 saturated carbocycles. The third-order valence-electron chi connectivity index (χ3n) is 2.04. The lowest BCUT2D eigenvalue weighted by Gasteiger charge is -2.13. The molecule has 1 aliphatic carbocycles. The smallest absolute Gasteiger partial charge is 0.322 e. The van der Waals surface area contributed by atoms with E-state index in [1.165, 1.54) is 0 Å². The lowest BCUT2D eigenvalue weighted by atomic mass is 10.2. The van der Waals surface area contributed by atoms with E-state index in [-0.39, 0.29) is 5.92 Å². The molecule has 0 spiro atoms. The van der Waals surface area contributed by atoms with Crippen molar-refractivity contribution >= 4 is 25.8 Å². The molecule has 0 saturated heterocycles. The van der Waals surface area contributed by atoms with Crippen LogP contribution in [0.15, 0.2) is 0 Å². The molecular weight excluding hydrogens is 258 g/mol. The Kier molecular flexibility index (Phi) is 3.60. The van der Waals surface area contributed by atoms with E-state index < -0.39 is 37.0 Å². The fraction of sp³-hybridized carbons (Fsp3) is 0.857. The minimum atomic E-state index is -4.11. The van der Waals surface area contributed by atoms with Crippen LogP contribution in [0.4, 0.5) is 0 Å². The Balaban J connectivity index is 2.74. The van der Waals surface area contributed by atoms with Crippen molar-refractivity contribution in [3.8, 4) is 0 Å². The number of sulfonamides is 1. The van der Waals surface area contributed by atoms with Gasteiger partial charge in [-0.1, -0.05) is 0 Å².